The van der Waals surface area contributed by atoms with Crippen molar-refractivity contribution in [1.29, 1.82) is 0 Å². The maximum absolute atomic E-state index is 12.1. The first-order valence-corrected chi connectivity index (χ1v) is 7.50. The van der Waals surface area contributed by atoms with Gasteiger partial charge in [-0.05, 0) is 25.2 Å². The number of nitrogens with one attached hydrogen (secondary N) is 1. The Morgan fingerprint density at radius 2 is 2.05 bits per heavy atom. The minimum absolute atomic E-state index is 0.395. The number of carbonyl (C=O) groups excluding carboxylic acids is 2. The summed E-state index contributed by atoms with van der Waals surface area (Å²) in [5, 5.41) is 11.4. The van der Waals surface area contributed by atoms with Gasteiger partial charge in [0.25, 0.3) is 0 Å². The van der Waals surface area contributed by atoms with Crippen LogP contribution in [0.5, 0.6) is 0 Å². The molecule has 0 saturated carbocycles. The molecule has 21 heavy (non-hydrogen) atoms. The number of primary amides is 1. The van der Waals surface area contributed by atoms with Crippen LogP contribution in [0.15, 0.2) is 0 Å². The van der Waals surface area contributed by atoms with Crippen molar-refractivity contribution in [3.05, 3.63) is 0 Å². The largest absolute Gasteiger partial charge is 0.480 e. The lowest BCUT2D eigenvalue weighted by molar-refractivity contribution is -0.140. The van der Waals surface area contributed by atoms with Crippen LogP contribution in [0.1, 0.15) is 45.4 Å². The minimum atomic E-state index is -1.26. The smallest absolute Gasteiger partial charge is 0.326 e. The molecule has 1 heterocycles. The van der Waals surface area contributed by atoms with Crippen molar-refractivity contribution < 1.29 is 19.5 Å². The van der Waals surface area contributed by atoms with E-state index >= 15 is 0 Å². The topological polar surface area (TPSA) is 113 Å². The fraction of sp³-hybridized carbons (Fsp3) is 0.786. The van der Waals surface area contributed by atoms with Crippen molar-refractivity contribution in [2.75, 3.05) is 13.1 Å². The number of hydrogen-bond acceptors (Lipinski definition) is 3. The van der Waals surface area contributed by atoms with E-state index in [4.69, 9.17) is 10.8 Å². The first-order chi connectivity index (χ1) is 9.93. The van der Waals surface area contributed by atoms with E-state index in [1.807, 2.05) is 0 Å². The molecule has 1 fully saturated rings. The van der Waals surface area contributed by atoms with Crippen LogP contribution < -0.4 is 11.1 Å². The molecule has 0 radical (unpaired) electrons. The second kappa shape index (κ2) is 8.49. The van der Waals surface area contributed by atoms with Crippen molar-refractivity contribution in [2.45, 2.75) is 51.5 Å². The van der Waals surface area contributed by atoms with Crippen LogP contribution in [0.2, 0.25) is 0 Å². The minimum Gasteiger partial charge on any atom is -0.480 e. The highest BCUT2D eigenvalue weighted by Crippen LogP contribution is 2.21. The normalized spacial score (nSPS) is 20.4. The van der Waals surface area contributed by atoms with Gasteiger partial charge >= 0.3 is 12.0 Å². The predicted molar refractivity (Wildman–Crippen MR) is 77.6 cm³/mol. The van der Waals surface area contributed by atoms with E-state index in [1.54, 1.807) is 4.90 Å². The van der Waals surface area contributed by atoms with E-state index in [2.05, 4.69) is 12.2 Å². The third-order valence-corrected chi connectivity index (χ3v) is 3.83. The van der Waals surface area contributed by atoms with Crippen molar-refractivity contribution >= 4 is 17.9 Å². The van der Waals surface area contributed by atoms with Gasteiger partial charge in [0.15, 0.2) is 0 Å². The van der Waals surface area contributed by atoms with E-state index in [-0.39, 0.29) is 0 Å². The van der Waals surface area contributed by atoms with E-state index in [0.29, 0.717) is 19.0 Å². The fourth-order valence-corrected chi connectivity index (χ4v) is 2.71. The summed E-state index contributed by atoms with van der Waals surface area (Å²) in [6.45, 7) is 3.39. The lowest BCUT2D eigenvalue weighted by atomic mass is 9.96. The third-order valence-electron chi connectivity index (χ3n) is 3.83. The molecular weight excluding hydrogens is 274 g/mol. The number of likely N-dealkylation sites (tertiary alicyclic amines) is 1. The molecule has 0 aromatic heterocycles. The maximum Gasteiger partial charge on any atom is 0.326 e. The number of carboxylic acid groups (broad SMARTS) is 1. The average Bonchev–Trinajstić information content (AvgIpc) is 2.63. The van der Waals surface area contributed by atoms with Gasteiger partial charge < -0.3 is 21.1 Å². The monoisotopic (exact) mass is 299 g/mol. The van der Waals surface area contributed by atoms with Gasteiger partial charge in [-0.2, -0.15) is 0 Å². The van der Waals surface area contributed by atoms with Crippen molar-refractivity contribution in [1.82, 2.24) is 10.2 Å². The molecule has 0 bridgehead atoms. The summed E-state index contributed by atoms with van der Waals surface area (Å²) in [6, 6.07) is -1.69. The molecule has 1 unspecified atom stereocenters. The molecule has 0 aromatic rings. The average molecular weight is 299 g/mol. The Hall–Kier alpha value is -1.79. The summed E-state index contributed by atoms with van der Waals surface area (Å²) in [5.74, 6) is -1.36. The number of aliphatic carboxylic acids is 1. The zero-order valence-electron chi connectivity index (χ0n) is 12.5. The molecule has 2 atom stereocenters. The van der Waals surface area contributed by atoms with Crippen LogP contribution in [0.25, 0.3) is 0 Å². The molecule has 1 aliphatic rings. The number of hydrogen-bond donors (Lipinski definition) is 3. The van der Waals surface area contributed by atoms with Crippen LogP contribution in [0.3, 0.4) is 0 Å². The van der Waals surface area contributed by atoms with E-state index in [9.17, 15) is 14.4 Å². The highest BCUT2D eigenvalue weighted by Gasteiger charge is 2.26. The van der Waals surface area contributed by atoms with Gasteiger partial charge in [-0.1, -0.05) is 19.8 Å². The molecule has 1 rings (SSSR count). The molecule has 7 heteroatoms. The number of rotatable bonds is 6. The van der Waals surface area contributed by atoms with Gasteiger partial charge in [-0.25, -0.2) is 9.59 Å². The van der Waals surface area contributed by atoms with Crippen molar-refractivity contribution in [3.8, 4) is 0 Å². The van der Waals surface area contributed by atoms with Crippen molar-refractivity contribution in [2.24, 2.45) is 11.7 Å². The quantitative estimate of drug-likeness (QED) is 0.677. The Bertz CT molecular complexity index is 386. The van der Waals surface area contributed by atoms with Crippen LogP contribution in [-0.2, 0) is 9.59 Å². The molecular formula is C14H25N3O4. The first-order valence-electron chi connectivity index (χ1n) is 7.50. The molecule has 120 valence electrons. The summed E-state index contributed by atoms with van der Waals surface area (Å²) in [4.78, 5) is 35.6. The summed E-state index contributed by atoms with van der Waals surface area (Å²) in [7, 11) is 0. The maximum atomic E-state index is 12.1. The molecule has 0 spiro atoms. The van der Waals surface area contributed by atoms with Crippen LogP contribution >= 0.6 is 0 Å². The van der Waals surface area contributed by atoms with Gasteiger partial charge in [-0.15, -0.1) is 0 Å². The van der Waals surface area contributed by atoms with Crippen LogP contribution in [0, 0.1) is 5.92 Å². The molecule has 3 amide bonds. The molecule has 0 aliphatic carbocycles. The Balaban J connectivity index is 2.53. The molecule has 0 aromatic carbocycles. The standard InChI is InChI=1S/C14H25N3O4/c1-2-4-10-5-3-7-17(8-6-10)14(21)16-11(13(19)20)9-12(15)18/h10-11H,2-9H2,1H3,(H2,15,18)(H,16,21)(H,19,20)/t10?,11-/m1/s1. The van der Waals surface area contributed by atoms with Crippen LogP contribution in [0.4, 0.5) is 4.79 Å². The van der Waals surface area contributed by atoms with Gasteiger partial charge in [0.05, 0.1) is 6.42 Å². The summed E-state index contributed by atoms with van der Waals surface area (Å²) in [5.41, 5.74) is 4.99. The Morgan fingerprint density at radius 1 is 1.33 bits per heavy atom. The second-order valence-corrected chi connectivity index (χ2v) is 5.58. The molecule has 1 saturated heterocycles. The number of nitrogens with two attached hydrogens (primary N) is 1. The van der Waals surface area contributed by atoms with E-state index in [0.717, 1.165) is 32.1 Å². The molecule has 7 nitrogen and oxygen atoms in total. The Kier molecular flexibility index (Phi) is 6.98. The number of urea groups is 1. The fourth-order valence-electron chi connectivity index (χ4n) is 2.71. The number of carbonyl (C=O) groups is 3. The van der Waals surface area contributed by atoms with Crippen LogP contribution in [-0.4, -0.2) is 47.0 Å². The summed E-state index contributed by atoms with van der Waals surface area (Å²) < 4.78 is 0. The van der Waals surface area contributed by atoms with Gasteiger partial charge in [0, 0.05) is 13.1 Å². The SMILES string of the molecule is CCCC1CCCN(C(=O)N[C@H](CC(N)=O)C(=O)O)CC1. The van der Waals surface area contributed by atoms with E-state index < -0.39 is 30.4 Å². The molecule has 4 N–H and O–H groups in total. The number of carboxylic acids is 1. The Morgan fingerprint density at radius 3 is 2.62 bits per heavy atom. The number of amides is 3. The predicted octanol–water partition coefficient (Wildman–Crippen LogP) is 0.927. The van der Waals surface area contributed by atoms with E-state index in [1.165, 1.54) is 0 Å². The lowest BCUT2D eigenvalue weighted by Gasteiger charge is -2.23. The van der Waals surface area contributed by atoms with Crippen molar-refractivity contribution in [3.63, 3.8) is 0 Å². The van der Waals surface area contributed by atoms with Gasteiger partial charge in [0.2, 0.25) is 5.91 Å². The zero-order valence-corrected chi connectivity index (χ0v) is 12.5. The highest BCUT2D eigenvalue weighted by atomic mass is 16.4. The first kappa shape index (κ1) is 17.3. The highest BCUT2D eigenvalue weighted by molar-refractivity contribution is 5.87. The third kappa shape index (κ3) is 6.01. The lowest BCUT2D eigenvalue weighted by Crippen LogP contribution is -2.49. The second-order valence-electron chi connectivity index (χ2n) is 5.58. The van der Waals surface area contributed by atoms with Gasteiger partial charge in [0.1, 0.15) is 6.04 Å². The zero-order chi connectivity index (χ0) is 15.8. The Labute approximate surface area is 124 Å². The molecule has 1 aliphatic heterocycles. The van der Waals surface area contributed by atoms with Gasteiger partial charge in [-0.3, -0.25) is 4.79 Å². The number of nitrogens with zero attached hydrogens (tertiary/aromatic N) is 1. The summed E-state index contributed by atoms with van der Waals surface area (Å²) >= 11 is 0. The summed E-state index contributed by atoms with van der Waals surface area (Å²) in [6.07, 6.45) is 4.86.